The fourth-order valence-corrected chi connectivity index (χ4v) is 5.59. The average Bonchev–Trinajstić information content (AvgIpc) is 3.26. The summed E-state index contributed by atoms with van der Waals surface area (Å²) in [4.78, 5) is 12.9. The molecule has 4 rings (SSSR count). The van der Waals surface area contributed by atoms with Gasteiger partial charge in [-0.2, -0.15) is 4.31 Å². The van der Waals surface area contributed by atoms with Crippen molar-refractivity contribution in [2.75, 3.05) is 6.54 Å². The standard InChI is InChI=1S/C22H21BrN2O4S/c23-17-7-9-19(10-8-17)30(27,28)25-12-11-16-4-1-2-6-20(16)21(25)14-22(26)24-15-18-5-3-13-29-18/h1-10,13,21H,11-12,14-15H2,(H,24,26)/t21-/m1/s1. The first-order valence-electron chi connectivity index (χ1n) is 9.59. The molecule has 2 aromatic carbocycles. The van der Waals surface area contributed by atoms with E-state index in [-0.39, 0.29) is 23.8 Å². The molecule has 1 aliphatic rings. The summed E-state index contributed by atoms with van der Waals surface area (Å²) in [6, 6.07) is 17.2. The number of amides is 1. The average molecular weight is 489 g/mol. The number of rotatable bonds is 6. The highest BCUT2D eigenvalue weighted by Crippen LogP contribution is 2.36. The molecule has 1 aliphatic heterocycles. The van der Waals surface area contributed by atoms with E-state index in [1.165, 1.54) is 4.31 Å². The molecule has 1 N–H and O–H groups in total. The SMILES string of the molecule is O=C(C[C@@H]1c2ccccc2CCN1S(=O)(=O)c1ccc(Br)cc1)NCc1ccco1. The minimum atomic E-state index is -3.76. The smallest absolute Gasteiger partial charge is 0.243 e. The lowest BCUT2D eigenvalue weighted by Crippen LogP contribution is -2.42. The number of hydrogen-bond acceptors (Lipinski definition) is 4. The highest BCUT2D eigenvalue weighted by Gasteiger charge is 2.37. The maximum atomic E-state index is 13.4. The Morgan fingerprint density at radius 2 is 1.87 bits per heavy atom. The van der Waals surface area contributed by atoms with Crippen molar-refractivity contribution < 1.29 is 17.6 Å². The normalized spacial score (nSPS) is 16.8. The summed E-state index contributed by atoms with van der Waals surface area (Å²) in [5.41, 5.74) is 1.95. The van der Waals surface area contributed by atoms with Gasteiger partial charge in [0.25, 0.3) is 0 Å². The van der Waals surface area contributed by atoms with Gasteiger partial charge < -0.3 is 9.73 Å². The molecule has 0 unspecified atom stereocenters. The first-order chi connectivity index (χ1) is 14.4. The first kappa shape index (κ1) is 20.8. The van der Waals surface area contributed by atoms with E-state index in [0.717, 1.165) is 15.6 Å². The monoisotopic (exact) mass is 488 g/mol. The zero-order valence-corrected chi connectivity index (χ0v) is 18.5. The van der Waals surface area contributed by atoms with E-state index < -0.39 is 16.1 Å². The molecule has 0 fully saturated rings. The van der Waals surface area contributed by atoms with Crippen molar-refractivity contribution in [3.05, 3.63) is 88.3 Å². The molecule has 0 radical (unpaired) electrons. The minimum Gasteiger partial charge on any atom is -0.467 e. The van der Waals surface area contributed by atoms with Crippen molar-refractivity contribution in [2.45, 2.75) is 30.3 Å². The lowest BCUT2D eigenvalue weighted by molar-refractivity contribution is -0.122. The predicted octanol–water partition coefficient (Wildman–Crippen LogP) is 4.04. The third-order valence-corrected chi connectivity index (χ3v) is 7.65. The molecule has 8 heteroatoms. The van der Waals surface area contributed by atoms with Crippen molar-refractivity contribution in [3.63, 3.8) is 0 Å². The number of carbonyl (C=O) groups is 1. The van der Waals surface area contributed by atoms with Gasteiger partial charge in [0.1, 0.15) is 5.76 Å². The van der Waals surface area contributed by atoms with Crippen LogP contribution in [0.1, 0.15) is 29.3 Å². The molecule has 156 valence electrons. The van der Waals surface area contributed by atoms with E-state index in [0.29, 0.717) is 18.7 Å². The maximum absolute atomic E-state index is 13.4. The van der Waals surface area contributed by atoms with Crippen LogP contribution in [0.5, 0.6) is 0 Å². The zero-order chi connectivity index (χ0) is 21.1. The lowest BCUT2D eigenvalue weighted by Gasteiger charge is -2.36. The van der Waals surface area contributed by atoms with Gasteiger partial charge in [-0.1, -0.05) is 40.2 Å². The fraction of sp³-hybridized carbons (Fsp3) is 0.227. The summed E-state index contributed by atoms with van der Waals surface area (Å²) in [6.07, 6.45) is 2.19. The van der Waals surface area contributed by atoms with Crippen LogP contribution in [-0.4, -0.2) is 25.2 Å². The quantitative estimate of drug-likeness (QED) is 0.567. The second-order valence-corrected chi connectivity index (χ2v) is 9.90. The topological polar surface area (TPSA) is 79.6 Å². The van der Waals surface area contributed by atoms with Gasteiger partial charge >= 0.3 is 0 Å². The summed E-state index contributed by atoms with van der Waals surface area (Å²) in [6.45, 7) is 0.588. The molecule has 6 nitrogen and oxygen atoms in total. The molecular formula is C22H21BrN2O4S. The van der Waals surface area contributed by atoms with Crippen molar-refractivity contribution in [2.24, 2.45) is 0 Å². The lowest BCUT2D eigenvalue weighted by atomic mass is 9.92. The van der Waals surface area contributed by atoms with Crippen LogP contribution in [0.2, 0.25) is 0 Å². The molecular weight excluding hydrogens is 468 g/mol. The van der Waals surface area contributed by atoms with E-state index in [4.69, 9.17) is 4.42 Å². The molecule has 0 saturated heterocycles. The third kappa shape index (κ3) is 4.35. The number of benzene rings is 2. The number of halogens is 1. The Bertz CT molecular complexity index is 1130. The van der Waals surface area contributed by atoms with Gasteiger partial charge in [-0.15, -0.1) is 0 Å². The number of sulfonamides is 1. The van der Waals surface area contributed by atoms with Crippen molar-refractivity contribution >= 4 is 31.9 Å². The Labute approximate surface area is 184 Å². The van der Waals surface area contributed by atoms with E-state index in [2.05, 4.69) is 21.2 Å². The maximum Gasteiger partial charge on any atom is 0.243 e. The van der Waals surface area contributed by atoms with Gasteiger partial charge in [-0.3, -0.25) is 4.79 Å². The summed E-state index contributed by atoms with van der Waals surface area (Å²) in [7, 11) is -3.76. The van der Waals surface area contributed by atoms with Crippen LogP contribution in [0.3, 0.4) is 0 Å². The molecule has 1 aromatic heterocycles. The van der Waals surface area contributed by atoms with Crippen LogP contribution in [-0.2, 0) is 27.8 Å². The Balaban J connectivity index is 1.62. The van der Waals surface area contributed by atoms with Crippen LogP contribution in [0.15, 0.2) is 80.7 Å². The highest BCUT2D eigenvalue weighted by atomic mass is 79.9. The van der Waals surface area contributed by atoms with Gasteiger partial charge in [-0.25, -0.2) is 8.42 Å². The number of nitrogens with zero attached hydrogens (tertiary/aromatic N) is 1. The first-order valence-corrected chi connectivity index (χ1v) is 11.8. The second kappa shape index (κ2) is 8.75. The number of furan rings is 1. The summed E-state index contributed by atoms with van der Waals surface area (Å²) >= 11 is 3.34. The van der Waals surface area contributed by atoms with E-state index >= 15 is 0 Å². The second-order valence-electron chi connectivity index (χ2n) is 7.09. The summed E-state index contributed by atoms with van der Waals surface area (Å²) in [5, 5.41) is 2.82. The van der Waals surface area contributed by atoms with Crippen molar-refractivity contribution in [1.29, 1.82) is 0 Å². The highest BCUT2D eigenvalue weighted by molar-refractivity contribution is 9.10. The molecule has 0 saturated carbocycles. The largest absolute Gasteiger partial charge is 0.467 e. The molecule has 0 bridgehead atoms. The molecule has 1 atom stereocenters. The van der Waals surface area contributed by atoms with E-state index in [1.54, 1.807) is 42.7 Å². The van der Waals surface area contributed by atoms with Gasteiger partial charge in [0.2, 0.25) is 15.9 Å². The van der Waals surface area contributed by atoms with Crippen LogP contribution in [0, 0.1) is 0 Å². The molecule has 2 heterocycles. The third-order valence-electron chi connectivity index (χ3n) is 5.20. The molecule has 1 amide bonds. The Hall–Kier alpha value is -2.42. The van der Waals surface area contributed by atoms with E-state index in [1.807, 2.05) is 24.3 Å². The zero-order valence-electron chi connectivity index (χ0n) is 16.1. The summed E-state index contributed by atoms with van der Waals surface area (Å²) in [5.74, 6) is 0.413. The van der Waals surface area contributed by atoms with E-state index in [9.17, 15) is 13.2 Å². The molecule has 0 aliphatic carbocycles. The number of fused-ring (bicyclic) bond motifs is 1. The van der Waals surface area contributed by atoms with Gasteiger partial charge in [0.15, 0.2) is 0 Å². The van der Waals surface area contributed by atoms with Crippen LogP contribution >= 0.6 is 15.9 Å². The number of nitrogens with one attached hydrogen (secondary N) is 1. The van der Waals surface area contributed by atoms with Crippen molar-refractivity contribution in [3.8, 4) is 0 Å². The molecule has 0 spiro atoms. The number of carbonyl (C=O) groups excluding carboxylic acids is 1. The Morgan fingerprint density at radius 1 is 1.10 bits per heavy atom. The number of hydrogen-bond donors (Lipinski definition) is 1. The van der Waals surface area contributed by atoms with Crippen LogP contribution < -0.4 is 5.32 Å². The minimum absolute atomic E-state index is 0.0352. The predicted molar refractivity (Wildman–Crippen MR) is 116 cm³/mol. The summed E-state index contributed by atoms with van der Waals surface area (Å²) < 4.78 is 34.3. The molecule has 30 heavy (non-hydrogen) atoms. The molecule has 3 aromatic rings. The van der Waals surface area contributed by atoms with Gasteiger partial charge in [-0.05, 0) is 53.9 Å². The Kier molecular flexibility index (Phi) is 6.08. The van der Waals surface area contributed by atoms with Crippen LogP contribution in [0.4, 0.5) is 0 Å². The van der Waals surface area contributed by atoms with Crippen LogP contribution in [0.25, 0.3) is 0 Å². The van der Waals surface area contributed by atoms with Gasteiger partial charge in [0.05, 0.1) is 23.7 Å². The fourth-order valence-electron chi connectivity index (χ4n) is 3.72. The van der Waals surface area contributed by atoms with Crippen molar-refractivity contribution in [1.82, 2.24) is 9.62 Å². The Morgan fingerprint density at radius 3 is 2.60 bits per heavy atom. The van der Waals surface area contributed by atoms with Gasteiger partial charge in [0, 0.05) is 17.4 Å².